The van der Waals surface area contributed by atoms with Gasteiger partial charge in [-0.05, 0) is 26.0 Å². The number of carbonyl (C=O) groups is 2. The number of rotatable bonds is 7. The van der Waals surface area contributed by atoms with Crippen LogP contribution in [0.15, 0.2) is 39.8 Å². The zero-order valence-corrected chi connectivity index (χ0v) is 20.5. The molecule has 2 aliphatic heterocycles. The Morgan fingerprint density at radius 2 is 1.56 bits per heavy atom. The van der Waals surface area contributed by atoms with Crippen LogP contribution in [0.3, 0.4) is 0 Å². The van der Waals surface area contributed by atoms with Gasteiger partial charge in [-0.3, -0.25) is 19.4 Å². The third kappa shape index (κ3) is 5.72. The number of sulfonamides is 1. The Morgan fingerprint density at radius 1 is 0.941 bits per heavy atom. The van der Waals surface area contributed by atoms with Crippen LogP contribution in [0.4, 0.5) is 0 Å². The second-order valence-electron chi connectivity index (χ2n) is 8.85. The molecule has 2 saturated heterocycles. The van der Waals surface area contributed by atoms with Gasteiger partial charge in [-0.25, -0.2) is 8.42 Å². The summed E-state index contributed by atoms with van der Waals surface area (Å²) in [6.45, 7) is 8.97. The quantitative estimate of drug-likeness (QED) is 0.527. The maximum atomic E-state index is 12.9. The molecule has 2 aliphatic rings. The summed E-state index contributed by atoms with van der Waals surface area (Å²) in [5.74, 6) is 0.726. The summed E-state index contributed by atoms with van der Waals surface area (Å²) in [7, 11) is -3.65. The van der Waals surface area contributed by atoms with E-state index >= 15 is 0 Å². The molecule has 2 aromatic rings. The maximum Gasteiger partial charge on any atom is 0.243 e. The number of Topliss-reactive ketones (excluding diaryl/α,β-unsaturated/α-hetero) is 1. The van der Waals surface area contributed by atoms with Crippen LogP contribution >= 0.6 is 0 Å². The molecule has 3 heterocycles. The van der Waals surface area contributed by atoms with Crippen molar-refractivity contribution in [3.8, 4) is 0 Å². The van der Waals surface area contributed by atoms with E-state index in [1.54, 1.807) is 4.90 Å². The predicted octanol–water partition coefficient (Wildman–Crippen LogP) is 0.836. The van der Waals surface area contributed by atoms with Gasteiger partial charge in [0.2, 0.25) is 15.9 Å². The van der Waals surface area contributed by atoms with Crippen LogP contribution in [0.1, 0.15) is 28.7 Å². The largest absolute Gasteiger partial charge is 0.361 e. The number of hydrogen-bond acceptors (Lipinski definition) is 8. The normalized spacial score (nSPS) is 18.8. The highest BCUT2D eigenvalue weighted by Gasteiger charge is 2.31. The Balaban J connectivity index is 1.23. The van der Waals surface area contributed by atoms with Crippen LogP contribution in [0.25, 0.3) is 0 Å². The molecule has 1 aromatic carbocycles. The monoisotopic (exact) mass is 489 g/mol. The van der Waals surface area contributed by atoms with Crippen molar-refractivity contribution in [2.45, 2.75) is 25.3 Å². The predicted molar refractivity (Wildman–Crippen MR) is 125 cm³/mol. The van der Waals surface area contributed by atoms with Crippen LogP contribution in [0.5, 0.6) is 0 Å². The van der Waals surface area contributed by atoms with Gasteiger partial charge in [0.05, 0.1) is 17.1 Å². The first-order chi connectivity index (χ1) is 16.2. The molecule has 1 amide bonds. The minimum atomic E-state index is -3.65. The minimum absolute atomic E-state index is 0.0310. The zero-order valence-electron chi connectivity index (χ0n) is 19.6. The number of ketones is 1. The van der Waals surface area contributed by atoms with Crippen molar-refractivity contribution in [1.82, 2.24) is 24.2 Å². The lowest BCUT2D eigenvalue weighted by Gasteiger charge is -2.37. The molecule has 0 bridgehead atoms. The molecule has 34 heavy (non-hydrogen) atoms. The van der Waals surface area contributed by atoms with E-state index in [1.807, 2.05) is 13.0 Å². The standard InChI is InChI=1S/C23H31N5O5S/c1-18-15-21(24-33-18)16-25-7-9-26(10-8-25)17-23(30)27-11-13-28(14-12-27)34(31,32)22-5-3-20(4-6-22)19(2)29/h3-6,15H,7-14,16-17H2,1-2H3. The molecule has 184 valence electrons. The number of aryl methyl sites for hydroxylation is 1. The Kier molecular flexibility index (Phi) is 7.46. The summed E-state index contributed by atoms with van der Waals surface area (Å²) in [5.41, 5.74) is 1.40. The molecule has 0 radical (unpaired) electrons. The number of benzene rings is 1. The molecule has 2 fully saturated rings. The molecule has 0 aliphatic carbocycles. The second-order valence-corrected chi connectivity index (χ2v) is 10.8. The second kappa shape index (κ2) is 10.3. The average Bonchev–Trinajstić information content (AvgIpc) is 3.24. The molecule has 10 nitrogen and oxygen atoms in total. The summed E-state index contributed by atoms with van der Waals surface area (Å²) < 4.78 is 32.4. The molecule has 0 atom stereocenters. The highest BCUT2D eigenvalue weighted by Crippen LogP contribution is 2.19. The fourth-order valence-corrected chi connectivity index (χ4v) is 5.73. The first-order valence-electron chi connectivity index (χ1n) is 11.5. The summed E-state index contributed by atoms with van der Waals surface area (Å²) in [5, 5.41) is 4.04. The van der Waals surface area contributed by atoms with Crippen molar-refractivity contribution in [3.63, 3.8) is 0 Å². The average molecular weight is 490 g/mol. The molecule has 0 saturated carbocycles. The van der Waals surface area contributed by atoms with Crippen LogP contribution in [-0.2, 0) is 21.4 Å². The first kappa shape index (κ1) is 24.5. The summed E-state index contributed by atoms with van der Waals surface area (Å²) in [6.07, 6.45) is 0. The lowest BCUT2D eigenvalue weighted by atomic mass is 10.2. The van der Waals surface area contributed by atoms with E-state index in [-0.39, 0.29) is 29.7 Å². The Bertz CT molecular complexity index is 1110. The van der Waals surface area contributed by atoms with Crippen LogP contribution in [-0.4, -0.2) is 103 Å². The molecule has 4 rings (SSSR count). The van der Waals surface area contributed by atoms with Crippen molar-refractivity contribution in [1.29, 1.82) is 0 Å². The van der Waals surface area contributed by atoms with Crippen molar-refractivity contribution >= 4 is 21.7 Å². The Labute approximate surface area is 200 Å². The van der Waals surface area contributed by atoms with Gasteiger partial charge in [-0.1, -0.05) is 17.3 Å². The SMILES string of the molecule is CC(=O)c1ccc(S(=O)(=O)N2CCN(C(=O)CN3CCN(Cc4cc(C)on4)CC3)CC2)cc1. The third-order valence-electron chi connectivity index (χ3n) is 6.38. The van der Waals surface area contributed by atoms with Gasteiger partial charge in [0.1, 0.15) is 5.76 Å². The highest BCUT2D eigenvalue weighted by atomic mass is 32.2. The van der Waals surface area contributed by atoms with E-state index in [0.29, 0.717) is 25.2 Å². The number of carbonyl (C=O) groups excluding carboxylic acids is 2. The summed E-state index contributed by atoms with van der Waals surface area (Å²) in [6, 6.07) is 7.93. The van der Waals surface area contributed by atoms with Crippen molar-refractivity contribution < 1.29 is 22.5 Å². The zero-order chi connectivity index (χ0) is 24.3. The molecular weight excluding hydrogens is 458 g/mol. The van der Waals surface area contributed by atoms with Gasteiger partial charge < -0.3 is 9.42 Å². The first-order valence-corrected chi connectivity index (χ1v) is 12.9. The molecule has 0 N–H and O–H groups in total. The van der Waals surface area contributed by atoms with Gasteiger partial charge in [0.25, 0.3) is 0 Å². The van der Waals surface area contributed by atoms with E-state index in [2.05, 4.69) is 15.0 Å². The van der Waals surface area contributed by atoms with Gasteiger partial charge in [0, 0.05) is 70.5 Å². The summed E-state index contributed by atoms with van der Waals surface area (Å²) in [4.78, 5) is 30.6. The van der Waals surface area contributed by atoms with Crippen LogP contribution < -0.4 is 0 Å². The molecule has 0 spiro atoms. The van der Waals surface area contributed by atoms with Gasteiger partial charge in [0.15, 0.2) is 5.78 Å². The summed E-state index contributed by atoms with van der Waals surface area (Å²) >= 11 is 0. The lowest BCUT2D eigenvalue weighted by molar-refractivity contribution is -0.134. The van der Waals surface area contributed by atoms with Crippen LogP contribution in [0, 0.1) is 6.92 Å². The van der Waals surface area contributed by atoms with E-state index in [4.69, 9.17) is 4.52 Å². The number of nitrogens with zero attached hydrogens (tertiary/aromatic N) is 5. The van der Waals surface area contributed by atoms with Gasteiger partial charge >= 0.3 is 0 Å². The van der Waals surface area contributed by atoms with Crippen molar-refractivity contribution in [3.05, 3.63) is 47.3 Å². The van der Waals surface area contributed by atoms with E-state index in [1.165, 1.54) is 35.5 Å². The van der Waals surface area contributed by atoms with Crippen LogP contribution in [0.2, 0.25) is 0 Å². The minimum Gasteiger partial charge on any atom is -0.361 e. The molecule has 11 heteroatoms. The Morgan fingerprint density at radius 3 is 2.12 bits per heavy atom. The number of aromatic nitrogens is 1. The van der Waals surface area contributed by atoms with E-state index < -0.39 is 10.0 Å². The fourth-order valence-electron chi connectivity index (χ4n) is 4.31. The van der Waals surface area contributed by atoms with Gasteiger partial charge in [-0.15, -0.1) is 0 Å². The maximum absolute atomic E-state index is 12.9. The number of piperazine rings is 2. The molecule has 1 aromatic heterocycles. The topological polar surface area (TPSA) is 107 Å². The fraction of sp³-hybridized carbons (Fsp3) is 0.522. The van der Waals surface area contributed by atoms with E-state index in [0.717, 1.165) is 44.2 Å². The smallest absolute Gasteiger partial charge is 0.243 e. The van der Waals surface area contributed by atoms with Crippen molar-refractivity contribution in [2.75, 3.05) is 58.9 Å². The lowest BCUT2D eigenvalue weighted by Crippen LogP contribution is -2.54. The number of amides is 1. The van der Waals surface area contributed by atoms with Gasteiger partial charge in [-0.2, -0.15) is 4.31 Å². The number of hydrogen-bond donors (Lipinski definition) is 0. The molecule has 0 unspecified atom stereocenters. The molecular formula is C23H31N5O5S. The third-order valence-corrected chi connectivity index (χ3v) is 8.29. The highest BCUT2D eigenvalue weighted by molar-refractivity contribution is 7.89. The van der Waals surface area contributed by atoms with E-state index in [9.17, 15) is 18.0 Å². The van der Waals surface area contributed by atoms with Crippen molar-refractivity contribution in [2.24, 2.45) is 0 Å². The Hall–Kier alpha value is -2.60.